The Morgan fingerprint density at radius 2 is 2.00 bits per heavy atom. The highest BCUT2D eigenvalue weighted by atomic mass is 32.1. The van der Waals surface area contributed by atoms with Crippen molar-refractivity contribution in [1.82, 2.24) is 10.2 Å². The first-order chi connectivity index (χ1) is 7.61. The molecule has 2 amide bonds. The van der Waals surface area contributed by atoms with Crippen molar-refractivity contribution >= 4 is 24.4 Å². The molecule has 0 saturated carbocycles. The summed E-state index contributed by atoms with van der Waals surface area (Å²) in [5.41, 5.74) is 0. The van der Waals surface area contributed by atoms with Gasteiger partial charge in [-0.3, -0.25) is 4.79 Å². The van der Waals surface area contributed by atoms with Gasteiger partial charge in [-0.1, -0.05) is 6.92 Å². The molecule has 0 saturated heterocycles. The third kappa shape index (κ3) is 7.56. The van der Waals surface area contributed by atoms with E-state index in [2.05, 4.69) is 17.9 Å². The summed E-state index contributed by atoms with van der Waals surface area (Å²) >= 11 is 4.06. The summed E-state index contributed by atoms with van der Waals surface area (Å²) in [6.45, 7) is 3.13. The van der Waals surface area contributed by atoms with E-state index in [0.717, 1.165) is 18.6 Å². The van der Waals surface area contributed by atoms with Gasteiger partial charge in [-0.2, -0.15) is 12.6 Å². The van der Waals surface area contributed by atoms with Crippen LogP contribution in [0.4, 0.5) is 4.79 Å². The standard InChI is InChI=1S/C11H22N2O2S/c1-3-10(14)6-4-8-13(2)11(15)12-7-5-9-16/h16H,3-9H2,1-2H3,(H,12,15). The number of hydrogen-bond donors (Lipinski definition) is 2. The third-order valence-corrected chi connectivity index (χ3v) is 2.62. The predicted octanol–water partition coefficient (Wildman–Crippen LogP) is 1.71. The molecule has 1 N–H and O–H groups in total. The molecule has 94 valence electrons. The maximum Gasteiger partial charge on any atom is 0.317 e. The molecule has 0 spiro atoms. The van der Waals surface area contributed by atoms with Crippen LogP contribution in [0.3, 0.4) is 0 Å². The normalized spacial score (nSPS) is 9.94. The minimum Gasteiger partial charge on any atom is -0.338 e. The van der Waals surface area contributed by atoms with Gasteiger partial charge in [-0.05, 0) is 18.6 Å². The maximum atomic E-state index is 11.5. The lowest BCUT2D eigenvalue weighted by atomic mass is 10.2. The van der Waals surface area contributed by atoms with E-state index < -0.39 is 0 Å². The lowest BCUT2D eigenvalue weighted by molar-refractivity contribution is -0.118. The highest BCUT2D eigenvalue weighted by Crippen LogP contribution is 1.97. The first-order valence-corrected chi connectivity index (χ1v) is 6.36. The van der Waals surface area contributed by atoms with Crippen molar-refractivity contribution in [1.29, 1.82) is 0 Å². The molecule has 4 nitrogen and oxygen atoms in total. The summed E-state index contributed by atoms with van der Waals surface area (Å²) in [5.74, 6) is 1.03. The molecule has 0 fully saturated rings. The van der Waals surface area contributed by atoms with Gasteiger partial charge >= 0.3 is 6.03 Å². The average Bonchev–Trinajstić information content (AvgIpc) is 2.28. The van der Waals surface area contributed by atoms with Gasteiger partial charge in [0.25, 0.3) is 0 Å². The monoisotopic (exact) mass is 246 g/mol. The molecule has 0 unspecified atom stereocenters. The maximum absolute atomic E-state index is 11.5. The Kier molecular flexibility index (Phi) is 9.09. The van der Waals surface area contributed by atoms with Crippen LogP contribution in [0.1, 0.15) is 32.6 Å². The molecule has 0 aromatic rings. The van der Waals surface area contributed by atoms with E-state index in [0.29, 0.717) is 25.9 Å². The van der Waals surface area contributed by atoms with Gasteiger partial charge in [0.2, 0.25) is 0 Å². The number of urea groups is 1. The Morgan fingerprint density at radius 1 is 1.31 bits per heavy atom. The van der Waals surface area contributed by atoms with Gasteiger partial charge in [0, 0.05) is 33.0 Å². The topological polar surface area (TPSA) is 49.4 Å². The fourth-order valence-electron chi connectivity index (χ4n) is 1.20. The summed E-state index contributed by atoms with van der Waals surface area (Å²) in [7, 11) is 1.74. The summed E-state index contributed by atoms with van der Waals surface area (Å²) in [4.78, 5) is 24.1. The Labute approximate surface area is 103 Å². The number of nitrogens with zero attached hydrogens (tertiary/aromatic N) is 1. The van der Waals surface area contributed by atoms with E-state index >= 15 is 0 Å². The predicted molar refractivity (Wildman–Crippen MR) is 69.0 cm³/mol. The molecule has 0 radical (unpaired) electrons. The molecule has 0 aliphatic heterocycles. The lowest BCUT2D eigenvalue weighted by Gasteiger charge is -2.17. The molecule has 0 aromatic heterocycles. The van der Waals surface area contributed by atoms with E-state index in [1.54, 1.807) is 11.9 Å². The quantitative estimate of drug-likeness (QED) is 0.506. The Balaban J connectivity index is 3.58. The summed E-state index contributed by atoms with van der Waals surface area (Å²) in [5, 5.41) is 2.79. The van der Waals surface area contributed by atoms with Crippen molar-refractivity contribution in [3.8, 4) is 0 Å². The van der Waals surface area contributed by atoms with E-state index in [4.69, 9.17) is 0 Å². The molecule has 5 heteroatoms. The number of Topliss-reactive ketones (excluding diaryl/α,β-unsaturated/α-hetero) is 1. The van der Waals surface area contributed by atoms with Crippen LogP contribution in [0.5, 0.6) is 0 Å². The van der Waals surface area contributed by atoms with Gasteiger partial charge < -0.3 is 10.2 Å². The fraction of sp³-hybridized carbons (Fsp3) is 0.818. The Bertz CT molecular complexity index is 222. The first-order valence-electron chi connectivity index (χ1n) is 5.73. The van der Waals surface area contributed by atoms with Crippen LogP contribution in [-0.4, -0.2) is 42.6 Å². The van der Waals surface area contributed by atoms with Gasteiger partial charge in [0.15, 0.2) is 0 Å². The van der Waals surface area contributed by atoms with Crippen molar-refractivity contribution in [2.24, 2.45) is 0 Å². The average molecular weight is 246 g/mol. The number of carbonyl (C=O) groups is 2. The number of hydrogen-bond acceptors (Lipinski definition) is 3. The van der Waals surface area contributed by atoms with Crippen molar-refractivity contribution in [2.75, 3.05) is 25.9 Å². The number of ketones is 1. The van der Waals surface area contributed by atoms with Crippen LogP contribution in [-0.2, 0) is 4.79 Å². The minimum atomic E-state index is -0.0780. The van der Waals surface area contributed by atoms with E-state index in [1.165, 1.54) is 0 Å². The first kappa shape index (κ1) is 15.3. The summed E-state index contributed by atoms with van der Waals surface area (Å²) in [6.07, 6.45) is 2.75. The third-order valence-electron chi connectivity index (χ3n) is 2.30. The van der Waals surface area contributed by atoms with Gasteiger partial charge in [-0.15, -0.1) is 0 Å². The zero-order chi connectivity index (χ0) is 12.4. The second kappa shape index (κ2) is 9.51. The number of amides is 2. The Morgan fingerprint density at radius 3 is 2.56 bits per heavy atom. The molecule has 0 heterocycles. The highest BCUT2D eigenvalue weighted by molar-refractivity contribution is 7.80. The minimum absolute atomic E-state index is 0.0780. The zero-order valence-corrected chi connectivity index (χ0v) is 11.1. The molecular formula is C11H22N2O2S. The second-order valence-electron chi connectivity index (χ2n) is 3.73. The number of nitrogens with one attached hydrogen (secondary N) is 1. The summed E-state index contributed by atoms with van der Waals surface area (Å²) in [6, 6.07) is -0.0780. The molecule has 0 aromatic carbocycles. The van der Waals surface area contributed by atoms with Crippen molar-refractivity contribution < 1.29 is 9.59 Å². The molecule has 0 atom stereocenters. The van der Waals surface area contributed by atoms with Gasteiger partial charge in [0.1, 0.15) is 5.78 Å². The van der Waals surface area contributed by atoms with Crippen LogP contribution in [0.2, 0.25) is 0 Å². The van der Waals surface area contributed by atoms with Crippen LogP contribution in [0.15, 0.2) is 0 Å². The summed E-state index contributed by atoms with van der Waals surface area (Å²) < 4.78 is 0. The van der Waals surface area contributed by atoms with E-state index in [9.17, 15) is 9.59 Å². The molecule has 0 aliphatic rings. The van der Waals surface area contributed by atoms with Gasteiger partial charge in [-0.25, -0.2) is 4.79 Å². The number of thiol groups is 1. The molecule has 0 bridgehead atoms. The lowest BCUT2D eigenvalue weighted by Crippen LogP contribution is -2.38. The van der Waals surface area contributed by atoms with Crippen molar-refractivity contribution in [3.05, 3.63) is 0 Å². The van der Waals surface area contributed by atoms with Crippen LogP contribution in [0.25, 0.3) is 0 Å². The van der Waals surface area contributed by atoms with Crippen LogP contribution < -0.4 is 5.32 Å². The van der Waals surface area contributed by atoms with Crippen LogP contribution >= 0.6 is 12.6 Å². The molecule has 0 rings (SSSR count). The van der Waals surface area contributed by atoms with Crippen molar-refractivity contribution in [3.63, 3.8) is 0 Å². The van der Waals surface area contributed by atoms with Crippen LogP contribution in [0, 0.1) is 0 Å². The molecular weight excluding hydrogens is 224 g/mol. The highest BCUT2D eigenvalue weighted by Gasteiger charge is 2.07. The smallest absolute Gasteiger partial charge is 0.317 e. The largest absolute Gasteiger partial charge is 0.338 e. The molecule has 0 aliphatic carbocycles. The SMILES string of the molecule is CCC(=O)CCCN(C)C(=O)NCCCS. The zero-order valence-electron chi connectivity index (χ0n) is 10.2. The number of rotatable bonds is 8. The van der Waals surface area contributed by atoms with Gasteiger partial charge in [0.05, 0.1) is 0 Å². The molecule has 16 heavy (non-hydrogen) atoms. The second-order valence-corrected chi connectivity index (χ2v) is 4.17. The number of carbonyl (C=O) groups excluding carboxylic acids is 2. The van der Waals surface area contributed by atoms with E-state index in [-0.39, 0.29) is 11.8 Å². The van der Waals surface area contributed by atoms with E-state index in [1.807, 2.05) is 6.92 Å². The fourth-order valence-corrected chi connectivity index (χ4v) is 1.36. The Hall–Kier alpha value is -0.710. The van der Waals surface area contributed by atoms with Crippen molar-refractivity contribution in [2.45, 2.75) is 32.6 Å².